The lowest BCUT2D eigenvalue weighted by Crippen LogP contribution is -1.95. The fourth-order valence-corrected chi connectivity index (χ4v) is 13.5. The molecule has 350 valence electrons. The van der Waals surface area contributed by atoms with Crippen LogP contribution < -0.4 is 0 Å². The van der Waals surface area contributed by atoms with Crippen LogP contribution in [0.2, 0.25) is 0 Å². The molecule has 17 aromatic rings. The van der Waals surface area contributed by atoms with E-state index < -0.39 is 0 Å². The summed E-state index contributed by atoms with van der Waals surface area (Å²) in [6.07, 6.45) is 0. The molecule has 2 heterocycles. The number of para-hydroxylation sites is 2. The SMILES string of the molecule is c1ccc(-n2c3ccccc3c3cc(-c4c5ccccc5c(-c5c6ccccc6c(-c6ccc7oc8cc9c%10ccccc%10c%10cc%11ccccc%11cc%10c9cc8c7c6)c6ccccc56)c5ccccc45)ccc32)cc1. The van der Waals surface area contributed by atoms with E-state index in [-0.39, 0.29) is 0 Å². The van der Waals surface area contributed by atoms with E-state index in [4.69, 9.17) is 4.42 Å². The Labute approximate surface area is 436 Å². The largest absolute Gasteiger partial charge is 0.456 e. The Kier molecular flexibility index (Phi) is 8.59. The van der Waals surface area contributed by atoms with Gasteiger partial charge in [-0.1, -0.05) is 194 Å². The molecule has 0 fully saturated rings. The summed E-state index contributed by atoms with van der Waals surface area (Å²) in [7, 11) is 0. The first kappa shape index (κ1) is 41.5. The minimum Gasteiger partial charge on any atom is -0.456 e. The molecule has 0 bridgehead atoms. The second-order valence-corrected chi connectivity index (χ2v) is 20.6. The Morgan fingerprint density at radius 2 is 0.592 bits per heavy atom. The summed E-state index contributed by atoms with van der Waals surface area (Å²) >= 11 is 0. The van der Waals surface area contributed by atoms with Crippen molar-refractivity contribution in [3.8, 4) is 39.1 Å². The van der Waals surface area contributed by atoms with Crippen molar-refractivity contribution in [1.29, 1.82) is 0 Å². The van der Waals surface area contributed by atoms with Gasteiger partial charge in [-0.3, -0.25) is 0 Å². The van der Waals surface area contributed by atoms with Crippen LogP contribution in [0.25, 0.3) is 169 Å². The highest BCUT2D eigenvalue weighted by molar-refractivity contribution is 6.32. The predicted molar refractivity (Wildman–Crippen MR) is 324 cm³/mol. The molecule has 0 aliphatic heterocycles. The Bertz CT molecular complexity index is 5230. The number of hydrogen-bond donors (Lipinski definition) is 0. The third kappa shape index (κ3) is 5.81. The smallest absolute Gasteiger partial charge is 0.136 e. The van der Waals surface area contributed by atoms with Crippen LogP contribution in [0.4, 0.5) is 0 Å². The average Bonchev–Trinajstić information content (AvgIpc) is 4.17. The molecule has 17 rings (SSSR count). The Hall–Kier alpha value is -10.0. The summed E-state index contributed by atoms with van der Waals surface area (Å²) in [5, 5.41) is 24.5. The molecular weight excluding hydrogens is 919 g/mol. The Morgan fingerprint density at radius 1 is 0.211 bits per heavy atom. The molecular formula is C74H43NO. The summed E-state index contributed by atoms with van der Waals surface area (Å²) in [4.78, 5) is 0. The van der Waals surface area contributed by atoms with Crippen molar-refractivity contribution in [3.05, 3.63) is 261 Å². The number of fused-ring (bicyclic) bond motifs is 17. The lowest BCUT2D eigenvalue weighted by atomic mass is 9.81. The van der Waals surface area contributed by atoms with Crippen molar-refractivity contribution < 1.29 is 4.42 Å². The standard InChI is InChI=1S/C74H43NO/c1-2-20-48(21-3-1)75-67-33-17-16-24-51(67)64-40-46(34-36-68(64)75)71-52-25-8-12-29-56(52)73(57-30-13-9-26-53(57)71)74-58-31-14-10-27-54(58)72(55-28-11-15-32-59(55)74)47-35-37-69-65(41-47)66-42-62-61-39-45-19-5-4-18-44(45)38-60(61)49-22-6-7-23-50(49)63(62)43-70(66)76-69/h1-43H. The van der Waals surface area contributed by atoms with Crippen LogP contribution >= 0.6 is 0 Å². The van der Waals surface area contributed by atoms with Gasteiger partial charge in [-0.2, -0.15) is 0 Å². The van der Waals surface area contributed by atoms with E-state index in [0.717, 1.165) is 33.2 Å². The second kappa shape index (κ2) is 15.7. The minimum atomic E-state index is 0.887. The van der Waals surface area contributed by atoms with Crippen molar-refractivity contribution >= 4 is 130 Å². The van der Waals surface area contributed by atoms with E-state index in [1.807, 2.05) is 0 Å². The van der Waals surface area contributed by atoms with Gasteiger partial charge in [0.15, 0.2) is 0 Å². The van der Waals surface area contributed by atoms with Gasteiger partial charge >= 0.3 is 0 Å². The van der Waals surface area contributed by atoms with E-state index in [1.165, 1.54) is 136 Å². The molecule has 0 unspecified atom stereocenters. The highest BCUT2D eigenvalue weighted by Gasteiger charge is 2.24. The maximum Gasteiger partial charge on any atom is 0.136 e. The van der Waals surface area contributed by atoms with E-state index in [1.54, 1.807) is 0 Å². The molecule has 15 aromatic carbocycles. The number of furan rings is 1. The molecule has 0 spiro atoms. The highest BCUT2D eigenvalue weighted by atomic mass is 16.3. The van der Waals surface area contributed by atoms with E-state index in [2.05, 4.69) is 265 Å². The molecule has 0 aliphatic carbocycles. The monoisotopic (exact) mass is 961 g/mol. The highest BCUT2D eigenvalue weighted by Crippen LogP contribution is 2.51. The van der Waals surface area contributed by atoms with Crippen molar-refractivity contribution in [2.45, 2.75) is 0 Å². The zero-order chi connectivity index (χ0) is 49.6. The van der Waals surface area contributed by atoms with Crippen molar-refractivity contribution in [2.75, 3.05) is 0 Å². The molecule has 0 atom stereocenters. The summed E-state index contributed by atoms with van der Waals surface area (Å²) in [5.74, 6) is 0. The summed E-state index contributed by atoms with van der Waals surface area (Å²) < 4.78 is 9.21. The number of hydrogen-bond acceptors (Lipinski definition) is 1. The van der Waals surface area contributed by atoms with Crippen molar-refractivity contribution in [3.63, 3.8) is 0 Å². The van der Waals surface area contributed by atoms with Gasteiger partial charge in [-0.25, -0.2) is 0 Å². The maximum atomic E-state index is 6.82. The molecule has 2 nitrogen and oxygen atoms in total. The molecule has 2 aromatic heterocycles. The zero-order valence-electron chi connectivity index (χ0n) is 41.2. The minimum absolute atomic E-state index is 0.887. The van der Waals surface area contributed by atoms with E-state index in [9.17, 15) is 0 Å². The van der Waals surface area contributed by atoms with Gasteiger partial charge in [0.25, 0.3) is 0 Å². The summed E-state index contributed by atoms with van der Waals surface area (Å²) in [6, 6.07) is 96.7. The predicted octanol–water partition coefficient (Wildman–Crippen LogP) is 20.9. The van der Waals surface area contributed by atoms with Gasteiger partial charge < -0.3 is 8.98 Å². The third-order valence-electron chi connectivity index (χ3n) is 16.7. The van der Waals surface area contributed by atoms with Crippen LogP contribution in [0.3, 0.4) is 0 Å². The van der Waals surface area contributed by atoms with Crippen LogP contribution in [0.1, 0.15) is 0 Å². The lowest BCUT2D eigenvalue weighted by molar-refractivity contribution is 0.669. The zero-order valence-corrected chi connectivity index (χ0v) is 41.2. The number of aromatic nitrogens is 1. The molecule has 0 amide bonds. The molecule has 76 heavy (non-hydrogen) atoms. The quantitative estimate of drug-likeness (QED) is 0.127. The normalized spacial score (nSPS) is 12.2. The first-order chi connectivity index (χ1) is 37.7. The van der Waals surface area contributed by atoms with Gasteiger partial charge in [-0.05, 0) is 186 Å². The number of rotatable bonds is 4. The molecule has 0 saturated heterocycles. The van der Waals surface area contributed by atoms with Gasteiger partial charge in [0.05, 0.1) is 11.0 Å². The van der Waals surface area contributed by atoms with E-state index in [0.29, 0.717) is 0 Å². The molecule has 0 radical (unpaired) electrons. The number of nitrogens with zero attached hydrogens (tertiary/aromatic N) is 1. The van der Waals surface area contributed by atoms with Crippen LogP contribution in [-0.4, -0.2) is 4.57 Å². The third-order valence-corrected chi connectivity index (χ3v) is 16.7. The lowest BCUT2D eigenvalue weighted by Gasteiger charge is -2.22. The Morgan fingerprint density at radius 3 is 1.14 bits per heavy atom. The van der Waals surface area contributed by atoms with Crippen molar-refractivity contribution in [2.24, 2.45) is 0 Å². The summed E-state index contributed by atoms with van der Waals surface area (Å²) in [5.41, 5.74) is 12.7. The van der Waals surface area contributed by atoms with Gasteiger partial charge in [0.1, 0.15) is 11.2 Å². The summed E-state index contributed by atoms with van der Waals surface area (Å²) in [6.45, 7) is 0. The number of benzene rings is 15. The average molecular weight is 962 g/mol. The first-order valence-corrected chi connectivity index (χ1v) is 26.3. The fraction of sp³-hybridized carbons (Fsp3) is 0. The van der Waals surface area contributed by atoms with Crippen LogP contribution in [-0.2, 0) is 0 Å². The van der Waals surface area contributed by atoms with Crippen molar-refractivity contribution in [1.82, 2.24) is 4.57 Å². The molecule has 0 N–H and O–H groups in total. The maximum absolute atomic E-state index is 6.82. The molecule has 2 heteroatoms. The molecule has 0 aliphatic rings. The fourth-order valence-electron chi connectivity index (χ4n) is 13.5. The molecule has 0 saturated carbocycles. The van der Waals surface area contributed by atoms with Crippen LogP contribution in [0.5, 0.6) is 0 Å². The topological polar surface area (TPSA) is 18.1 Å². The van der Waals surface area contributed by atoms with E-state index >= 15 is 0 Å². The van der Waals surface area contributed by atoms with Crippen LogP contribution in [0.15, 0.2) is 265 Å². The second-order valence-electron chi connectivity index (χ2n) is 20.6. The first-order valence-electron chi connectivity index (χ1n) is 26.3. The van der Waals surface area contributed by atoms with Gasteiger partial charge in [-0.15, -0.1) is 0 Å². The van der Waals surface area contributed by atoms with Crippen LogP contribution in [0, 0.1) is 0 Å². The van der Waals surface area contributed by atoms with Gasteiger partial charge in [0.2, 0.25) is 0 Å². The Balaban J connectivity index is 0.902. The van der Waals surface area contributed by atoms with Gasteiger partial charge in [0, 0.05) is 27.2 Å².